The molecule has 132 valence electrons. The lowest BCUT2D eigenvalue weighted by Crippen LogP contribution is -2.61. The van der Waals surface area contributed by atoms with Crippen LogP contribution in [-0.4, -0.2) is 32.6 Å². The molecule has 0 aliphatic rings. The highest BCUT2D eigenvalue weighted by molar-refractivity contribution is 7.45. The second-order valence-electron chi connectivity index (χ2n) is 7.16. The van der Waals surface area contributed by atoms with Crippen LogP contribution in [0.1, 0.15) is 5.56 Å². The van der Waals surface area contributed by atoms with Crippen molar-refractivity contribution in [3.63, 3.8) is 0 Å². The molecule has 9 heteroatoms. The quantitative estimate of drug-likeness (QED) is 0.617. The van der Waals surface area contributed by atoms with Gasteiger partial charge < -0.3 is 5.11 Å². The van der Waals surface area contributed by atoms with Crippen LogP contribution >= 0.6 is 0 Å². The van der Waals surface area contributed by atoms with Gasteiger partial charge >= 0.3 is 12.4 Å². The van der Waals surface area contributed by atoms with Crippen LogP contribution in [0.3, 0.4) is 0 Å². The van der Waals surface area contributed by atoms with Gasteiger partial charge in [-0.25, -0.2) is 0 Å². The molecule has 0 radical (unpaired) electrons. The molecule has 0 bridgehead atoms. The number of hydrogen-bond acceptors (Lipinski definition) is 1. The van der Waals surface area contributed by atoms with Gasteiger partial charge in [0.1, 0.15) is 0 Å². The van der Waals surface area contributed by atoms with E-state index in [2.05, 4.69) is 19.6 Å². The van der Waals surface area contributed by atoms with Crippen molar-refractivity contribution in [2.45, 2.75) is 50.7 Å². The molecule has 1 rings (SSSR count). The molecular formula is C14H20F6OSi2. The first-order chi connectivity index (χ1) is 9.96. The van der Waals surface area contributed by atoms with Gasteiger partial charge in [0, 0.05) is 13.2 Å². The standard InChI is InChI=1S/C14H20F6OSi2/c1-22(2,3)23(4,5)11-8-6-10(7-9-11)12(21,13(15,16)17)14(18,19)20/h6-9,21H,1-5H3. The van der Waals surface area contributed by atoms with E-state index >= 15 is 0 Å². The largest absolute Gasteiger partial charge is 0.430 e. The van der Waals surface area contributed by atoms with Crippen LogP contribution in [0, 0.1) is 0 Å². The van der Waals surface area contributed by atoms with Gasteiger partial charge in [-0.3, -0.25) is 0 Å². The van der Waals surface area contributed by atoms with Gasteiger partial charge in [-0.15, -0.1) is 0 Å². The number of rotatable bonds is 3. The second kappa shape index (κ2) is 5.63. The van der Waals surface area contributed by atoms with E-state index in [0.717, 1.165) is 17.3 Å². The van der Waals surface area contributed by atoms with Crippen LogP contribution < -0.4 is 5.19 Å². The lowest BCUT2D eigenvalue weighted by atomic mass is 9.92. The Kier molecular flexibility index (Phi) is 4.95. The highest BCUT2D eigenvalue weighted by Gasteiger charge is 2.71. The van der Waals surface area contributed by atoms with E-state index < -0.39 is 38.7 Å². The number of benzene rings is 1. The zero-order chi connectivity index (χ0) is 18.5. The first-order valence-corrected chi connectivity index (χ1v) is 14.4. The minimum Gasteiger partial charge on any atom is -0.369 e. The topological polar surface area (TPSA) is 20.2 Å². The minimum absolute atomic E-state index is 0.741. The predicted molar refractivity (Wildman–Crippen MR) is 82.9 cm³/mol. The molecule has 1 aromatic rings. The van der Waals surface area contributed by atoms with Crippen molar-refractivity contribution in [3.8, 4) is 0 Å². The molecule has 1 N–H and O–H groups in total. The number of alkyl halides is 6. The maximum atomic E-state index is 12.9. The van der Waals surface area contributed by atoms with E-state index in [1.54, 1.807) is 0 Å². The minimum atomic E-state index is -5.85. The summed E-state index contributed by atoms with van der Waals surface area (Å²) in [4.78, 5) is 0. The molecule has 1 aromatic carbocycles. The van der Waals surface area contributed by atoms with Crippen molar-refractivity contribution in [3.05, 3.63) is 29.8 Å². The molecule has 0 aliphatic heterocycles. The highest BCUT2D eigenvalue weighted by atomic mass is 29.3. The molecule has 0 saturated heterocycles. The predicted octanol–water partition coefficient (Wildman–Crippen LogP) is 4.33. The molecule has 0 heterocycles. The van der Waals surface area contributed by atoms with E-state index in [0.29, 0.717) is 0 Å². The zero-order valence-corrected chi connectivity index (χ0v) is 15.5. The Hall–Kier alpha value is -0.806. The molecule has 23 heavy (non-hydrogen) atoms. The smallest absolute Gasteiger partial charge is 0.369 e. The average molecular weight is 374 g/mol. The van der Waals surface area contributed by atoms with E-state index in [1.165, 1.54) is 12.1 Å². The Morgan fingerprint density at radius 3 is 1.35 bits per heavy atom. The van der Waals surface area contributed by atoms with Gasteiger partial charge in [-0.1, -0.05) is 62.2 Å². The summed E-state index contributed by atoms with van der Waals surface area (Å²) in [5.74, 6) is 0. The third-order valence-corrected chi connectivity index (χ3v) is 22.4. The maximum Gasteiger partial charge on any atom is 0.430 e. The highest BCUT2D eigenvalue weighted by Crippen LogP contribution is 2.49. The van der Waals surface area contributed by atoms with Gasteiger partial charge in [0.15, 0.2) is 0 Å². The maximum absolute atomic E-state index is 12.9. The van der Waals surface area contributed by atoms with Crippen molar-refractivity contribution in [2.24, 2.45) is 0 Å². The third-order valence-electron chi connectivity index (χ3n) is 4.72. The van der Waals surface area contributed by atoms with E-state index in [9.17, 15) is 31.4 Å². The molecule has 0 unspecified atom stereocenters. The first kappa shape index (κ1) is 20.2. The van der Waals surface area contributed by atoms with Gasteiger partial charge in [0.05, 0.1) is 7.59 Å². The Bertz CT molecular complexity index is 541. The molecule has 0 aliphatic carbocycles. The molecular weight excluding hydrogens is 354 g/mol. The average Bonchev–Trinajstić information content (AvgIpc) is 2.33. The number of halogens is 6. The molecule has 0 saturated carbocycles. The molecule has 0 spiro atoms. The summed E-state index contributed by atoms with van der Waals surface area (Å²) in [5.41, 5.74) is -6.06. The van der Waals surface area contributed by atoms with Crippen molar-refractivity contribution in [2.75, 3.05) is 0 Å². The lowest BCUT2D eigenvalue weighted by molar-refractivity contribution is -0.376. The van der Waals surface area contributed by atoms with E-state index in [-0.39, 0.29) is 0 Å². The van der Waals surface area contributed by atoms with Crippen LogP contribution in [0.5, 0.6) is 0 Å². The van der Waals surface area contributed by atoms with Gasteiger partial charge in [0.25, 0.3) is 5.60 Å². The number of aliphatic hydroxyl groups is 1. The van der Waals surface area contributed by atoms with Crippen LogP contribution in [0.15, 0.2) is 24.3 Å². The van der Waals surface area contributed by atoms with Gasteiger partial charge in [-0.2, -0.15) is 26.3 Å². The molecule has 0 amide bonds. The molecule has 0 aromatic heterocycles. The monoisotopic (exact) mass is 374 g/mol. The van der Waals surface area contributed by atoms with Crippen LogP contribution in [0.4, 0.5) is 26.3 Å². The van der Waals surface area contributed by atoms with Crippen molar-refractivity contribution in [1.82, 2.24) is 0 Å². The summed E-state index contributed by atoms with van der Waals surface area (Å²) in [6.45, 7) is 10.5. The zero-order valence-electron chi connectivity index (χ0n) is 13.5. The van der Waals surface area contributed by atoms with Crippen molar-refractivity contribution in [1.29, 1.82) is 0 Å². The van der Waals surface area contributed by atoms with Gasteiger partial charge in [-0.05, 0) is 0 Å². The SMILES string of the molecule is C[Si](C)(C)[Si](C)(C)c1ccc(C(O)(C(F)(F)F)C(F)(F)F)cc1. The van der Waals surface area contributed by atoms with E-state index in [4.69, 9.17) is 0 Å². The Morgan fingerprint density at radius 2 is 1.09 bits per heavy atom. The van der Waals surface area contributed by atoms with Crippen LogP contribution in [0.2, 0.25) is 32.7 Å². The fourth-order valence-electron chi connectivity index (χ4n) is 2.05. The van der Waals surface area contributed by atoms with Crippen LogP contribution in [-0.2, 0) is 5.60 Å². The molecule has 1 nitrogen and oxygen atoms in total. The summed E-state index contributed by atoms with van der Waals surface area (Å²) in [6, 6.07) is 4.07. The Labute approximate surface area is 133 Å². The van der Waals surface area contributed by atoms with Gasteiger partial charge in [0.2, 0.25) is 0 Å². The summed E-state index contributed by atoms with van der Waals surface area (Å²) in [5, 5.41) is 10.2. The first-order valence-electron chi connectivity index (χ1n) is 6.93. The molecule has 0 fully saturated rings. The summed E-state index contributed by atoms with van der Waals surface area (Å²) < 4.78 is 77.1. The summed E-state index contributed by atoms with van der Waals surface area (Å²) in [7, 11) is -3.59. The number of hydrogen-bond donors (Lipinski definition) is 1. The normalized spacial score (nSPS) is 15.0. The Morgan fingerprint density at radius 1 is 0.739 bits per heavy atom. The molecule has 0 atom stereocenters. The third kappa shape index (κ3) is 3.36. The fraction of sp³-hybridized carbons (Fsp3) is 0.571. The lowest BCUT2D eigenvalue weighted by Gasteiger charge is -2.37. The second-order valence-corrected chi connectivity index (χ2v) is 23.7. The summed E-state index contributed by atoms with van der Waals surface area (Å²) in [6.07, 6.45) is -11.7. The van der Waals surface area contributed by atoms with Crippen molar-refractivity contribution < 1.29 is 31.4 Å². The van der Waals surface area contributed by atoms with Crippen molar-refractivity contribution >= 4 is 20.4 Å². The Balaban J connectivity index is 3.43. The van der Waals surface area contributed by atoms with E-state index in [1.807, 2.05) is 13.1 Å². The fourth-order valence-corrected chi connectivity index (χ4v) is 7.01. The summed E-state index contributed by atoms with van der Waals surface area (Å²) >= 11 is 0. The van der Waals surface area contributed by atoms with Crippen LogP contribution in [0.25, 0.3) is 0 Å².